The largest absolute Gasteiger partial charge is 0.462 e. The van der Waals surface area contributed by atoms with E-state index in [0.29, 0.717) is 42.9 Å². The molecule has 59 heavy (non-hydrogen) atoms. The molecule has 10 heteroatoms. The van der Waals surface area contributed by atoms with Crippen molar-refractivity contribution >= 4 is 14.3 Å². The molecular formula is C49H76O9Si. The van der Waals surface area contributed by atoms with Gasteiger partial charge in [0.25, 0.3) is 0 Å². The predicted molar refractivity (Wildman–Crippen MR) is 234 cm³/mol. The summed E-state index contributed by atoms with van der Waals surface area (Å²) in [5, 5.41) is 0. The van der Waals surface area contributed by atoms with Gasteiger partial charge in [0.2, 0.25) is 8.32 Å². The van der Waals surface area contributed by atoms with Gasteiger partial charge in [-0.3, -0.25) is 4.79 Å². The van der Waals surface area contributed by atoms with E-state index in [1.807, 2.05) is 45.0 Å². The third kappa shape index (κ3) is 11.5. The Kier molecular flexibility index (Phi) is 16.0. The minimum Gasteiger partial charge on any atom is -0.462 e. The van der Waals surface area contributed by atoms with Gasteiger partial charge < -0.3 is 37.6 Å². The van der Waals surface area contributed by atoms with Gasteiger partial charge in [0, 0.05) is 25.9 Å². The van der Waals surface area contributed by atoms with Crippen molar-refractivity contribution in [2.24, 2.45) is 5.41 Å². The highest BCUT2D eigenvalue weighted by atomic mass is 28.4. The lowest BCUT2D eigenvalue weighted by molar-refractivity contribution is -0.321. The van der Waals surface area contributed by atoms with Crippen LogP contribution in [0.1, 0.15) is 132 Å². The number of rotatable bonds is 16. The molecule has 0 saturated carbocycles. The molecule has 6 rings (SSSR count). The quantitative estimate of drug-likeness (QED) is 0.0931. The molecule has 0 radical (unpaired) electrons. The molecule has 2 aromatic rings. The maximum Gasteiger partial charge on any atom is 0.311 e. The van der Waals surface area contributed by atoms with Crippen molar-refractivity contribution < 1.29 is 42.4 Å². The zero-order valence-electron chi connectivity index (χ0n) is 37.9. The molecule has 1 unspecified atom stereocenters. The van der Waals surface area contributed by atoms with E-state index in [1.54, 1.807) is 0 Å². The second-order valence-electron chi connectivity index (χ2n) is 20.0. The summed E-state index contributed by atoms with van der Waals surface area (Å²) >= 11 is 0. The van der Waals surface area contributed by atoms with E-state index in [2.05, 4.69) is 84.9 Å². The van der Waals surface area contributed by atoms with Gasteiger partial charge in [-0.1, -0.05) is 102 Å². The topological polar surface area (TPSA) is 90.9 Å². The number of hydrogen-bond acceptors (Lipinski definition) is 9. The van der Waals surface area contributed by atoms with Crippen molar-refractivity contribution in [1.82, 2.24) is 0 Å². The van der Waals surface area contributed by atoms with Gasteiger partial charge in [0.15, 0.2) is 0 Å². The normalized spacial score (nSPS) is 31.6. The van der Waals surface area contributed by atoms with Gasteiger partial charge >= 0.3 is 5.97 Å². The molecule has 0 aromatic heterocycles. The molecule has 2 aromatic carbocycles. The van der Waals surface area contributed by atoms with Gasteiger partial charge in [-0.25, -0.2) is 0 Å². The molecule has 0 bridgehead atoms. The van der Waals surface area contributed by atoms with Crippen LogP contribution in [0.4, 0.5) is 0 Å². The van der Waals surface area contributed by atoms with E-state index in [4.69, 9.17) is 37.6 Å². The Morgan fingerprint density at radius 3 is 2.07 bits per heavy atom. The first kappa shape index (κ1) is 46.4. The molecular weight excluding hydrogens is 761 g/mol. The molecule has 0 N–H and O–H groups in total. The molecule has 0 spiro atoms. The van der Waals surface area contributed by atoms with E-state index >= 15 is 0 Å². The fourth-order valence-electron chi connectivity index (χ4n) is 10.5. The summed E-state index contributed by atoms with van der Waals surface area (Å²) < 4.78 is 54.7. The molecule has 4 heterocycles. The Morgan fingerprint density at radius 2 is 1.44 bits per heavy atom. The average molecular weight is 837 g/mol. The lowest BCUT2D eigenvalue weighted by atomic mass is 9.79. The van der Waals surface area contributed by atoms with Gasteiger partial charge in [-0.15, -0.1) is 0 Å². The number of fused-ring (bicyclic) bond motifs is 3. The minimum absolute atomic E-state index is 0.0442. The first-order chi connectivity index (χ1) is 28.1. The Hall–Kier alpha value is -2.15. The van der Waals surface area contributed by atoms with Gasteiger partial charge in [0.05, 0.1) is 67.0 Å². The van der Waals surface area contributed by atoms with E-state index in [-0.39, 0.29) is 61.4 Å². The molecule has 10 atom stereocenters. The highest BCUT2D eigenvalue weighted by Gasteiger charge is 2.56. The van der Waals surface area contributed by atoms with Crippen LogP contribution in [-0.2, 0) is 55.6 Å². The van der Waals surface area contributed by atoms with Crippen LogP contribution in [0.2, 0.25) is 16.6 Å². The van der Waals surface area contributed by atoms with Crippen LogP contribution >= 0.6 is 0 Å². The van der Waals surface area contributed by atoms with Gasteiger partial charge in [0.1, 0.15) is 18.8 Å². The highest BCUT2D eigenvalue weighted by molar-refractivity contribution is 6.77. The maximum atomic E-state index is 13.2. The first-order valence-electron chi connectivity index (χ1n) is 22.9. The zero-order chi connectivity index (χ0) is 42.4. The number of carbonyl (C=O) groups is 1. The fourth-order valence-corrected chi connectivity index (χ4v) is 16.1. The Labute approximate surface area is 357 Å². The maximum absolute atomic E-state index is 13.2. The third-order valence-corrected chi connectivity index (χ3v) is 19.6. The lowest BCUT2D eigenvalue weighted by Crippen LogP contribution is -2.66. The molecule has 9 nitrogen and oxygen atoms in total. The first-order valence-corrected chi connectivity index (χ1v) is 25.0. The Balaban J connectivity index is 1.18. The lowest BCUT2D eigenvalue weighted by Gasteiger charge is -2.56. The van der Waals surface area contributed by atoms with Crippen LogP contribution in [0.15, 0.2) is 60.7 Å². The standard InChI is InChI=1S/C49H76O9Si/c1-33(2)59(34(3)4,35(5)6)58-39-24-17-25-45-49(10,57-44(39)32-53-47(50)48(7,8)9)29-43-40(55-45)28-42-46(56-43)41(52-31-37-21-15-12-16-22-37)27-38(54-42)23-18-26-51-30-36-19-13-11-14-20-36/h11-16,19-22,33-35,38-46H,17-18,23-32H2,1-10H3/t38?,39-,40-,41-,42+,43+,44+,45+,46-,49-/m0/s1. The highest BCUT2D eigenvalue weighted by Crippen LogP contribution is 2.48. The van der Waals surface area contributed by atoms with Crippen molar-refractivity contribution in [2.75, 3.05) is 13.2 Å². The van der Waals surface area contributed by atoms with Gasteiger partial charge in [-0.2, -0.15) is 0 Å². The van der Waals surface area contributed by atoms with Crippen molar-refractivity contribution in [1.29, 1.82) is 0 Å². The van der Waals surface area contributed by atoms with Gasteiger partial charge in [-0.05, 0) is 87.5 Å². The van der Waals surface area contributed by atoms with Crippen LogP contribution < -0.4 is 0 Å². The zero-order valence-corrected chi connectivity index (χ0v) is 38.9. The predicted octanol–water partition coefficient (Wildman–Crippen LogP) is 10.5. The number of benzene rings is 2. The summed E-state index contributed by atoms with van der Waals surface area (Å²) in [6, 6.07) is 20.7. The van der Waals surface area contributed by atoms with E-state index in [1.165, 1.54) is 5.56 Å². The summed E-state index contributed by atoms with van der Waals surface area (Å²) in [5.41, 5.74) is 2.27. The van der Waals surface area contributed by atoms with Crippen molar-refractivity contribution in [3.63, 3.8) is 0 Å². The Bertz CT molecular complexity index is 1560. The van der Waals surface area contributed by atoms with Crippen LogP contribution in [-0.4, -0.2) is 88.0 Å². The number of carbonyl (C=O) groups excluding carboxylic acids is 1. The molecule has 4 saturated heterocycles. The third-order valence-electron chi connectivity index (χ3n) is 13.5. The van der Waals surface area contributed by atoms with E-state index in [0.717, 1.165) is 50.5 Å². The monoisotopic (exact) mass is 837 g/mol. The van der Waals surface area contributed by atoms with Crippen molar-refractivity contribution in [3.8, 4) is 0 Å². The summed E-state index contributed by atoms with van der Waals surface area (Å²) in [6.07, 6.45) is 5.06. The second kappa shape index (κ2) is 20.4. The molecule has 0 amide bonds. The van der Waals surface area contributed by atoms with Crippen LogP contribution in [0.3, 0.4) is 0 Å². The summed E-state index contributed by atoms with van der Waals surface area (Å²) in [4.78, 5) is 13.2. The molecule has 4 fully saturated rings. The molecule has 330 valence electrons. The molecule has 4 aliphatic rings. The SMILES string of the molecule is CC(C)[Si](O[C@H]1CCC[C@H]2O[C@H]3C[C@H]4OC(CCCOCc5ccccc5)C[C@H](OCc5ccccc5)[C@@H]4O[C@@H]3C[C@]2(C)O[C@@H]1COC(=O)C(C)(C)C)(C(C)C)C(C)C. The number of ether oxygens (including phenoxy) is 7. The summed E-state index contributed by atoms with van der Waals surface area (Å²) in [7, 11) is -2.29. The van der Waals surface area contributed by atoms with Crippen molar-refractivity contribution in [3.05, 3.63) is 71.8 Å². The van der Waals surface area contributed by atoms with Crippen LogP contribution in [0.25, 0.3) is 0 Å². The average Bonchev–Trinajstić information content (AvgIpc) is 3.18. The van der Waals surface area contributed by atoms with Crippen LogP contribution in [0, 0.1) is 5.41 Å². The number of esters is 1. The van der Waals surface area contributed by atoms with E-state index in [9.17, 15) is 4.79 Å². The minimum atomic E-state index is -2.29. The second-order valence-corrected chi connectivity index (χ2v) is 25.4. The molecule has 4 aliphatic heterocycles. The Morgan fingerprint density at radius 1 is 0.797 bits per heavy atom. The fraction of sp³-hybridized carbons (Fsp3) is 0.735. The summed E-state index contributed by atoms with van der Waals surface area (Å²) in [6.45, 7) is 23.7. The summed E-state index contributed by atoms with van der Waals surface area (Å²) in [5.74, 6) is -0.234. The van der Waals surface area contributed by atoms with Crippen LogP contribution in [0.5, 0.6) is 0 Å². The van der Waals surface area contributed by atoms with E-state index < -0.39 is 25.4 Å². The molecule has 0 aliphatic carbocycles. The van der Waals surface area contributed by atoms with Crippen molar-refractivity contribution in [2.45, 2.75) is 211 Å². The smallest absolute Gasteiger partial charge is 0.311 e. The number of hydrogen-bond donors (Lipinski definition) is 0.